The smallest absolute Gasteiger partial charge is 0.278 e. The summed E-state index contributed by atoms with van der Waals surface area (Å²) in [7, 11) is 0. The predicted molar refractivity (Wildman–Crippen MR) is 94.9 cm³/mol. The van der Waals surface area contributed by atoms with E-state index in [4.69, 9.17) is 0 Å². The first-order valence-corrected chi connectivity index (χ1v) is 7.65. The number of nitro groups is 1. The molecule has 116 valence electrons. The highest BCUT2D eigenvalue weighted by Gasteiger charge is 2.19. The van der Waals surface area contributed by atoms with Crippen LogP contribution in [0.25, 0.3) is 27.9 Å². The maximum Gasteiger partial charge on any atom is 0.278 e. The van der Waals surface area contributed by atoms with E-state index in [9.17, 15) is 10.1 Å². The van der Waals surface area contributed by atoms with Gasteiger partial charge in [0.15, 0.2) is 0 Å². The van der Waals surface area contributed by atoms with Crippen molar-refractivity contribution >= 4 is 11.2 Å². The Morgan fingerprint density at radius 2 is 1.50 bits per heavy atom. The Balaban J connectivity index is 2.04. The summed E-state index contributed by atoms with van der Waals surface area (Å²) in [5, 5.41) is 11.4. The normalized spacial score (nSPS) is 10.8. The molecule has 0 atom stereocenters. The Hall–Kier alpha value is -3.40. The lowest BCUT2D eigenvalue weighted by atomic mass is 10.1. The van der Waals surface area contributed by atoms with Crippen LogP contribution in [0.3, 0.4) is 0 Å². The van der Waals surface area contributed by atoms with Gasteiger partial charge in [-0.05, 0) is 29.8 Å². The largest absolute Gasteiger partial charge is 0.316 e. The van der Waals surface area contributed by atoms with Gasteiger partial charge in [0, 0.05) is 17.8 Å². The Morgan fingerprint density at radius 1 is 0.792 bits per heavy atom. The second-order valence-corrected chi connectivity index (χ2v) is 5.54. The molecule has 0 unspecified atom stereocenters. The van der Waals surface area contributed by atoms with Gasteiger partial charge in [0.05, 0.1) is 21.7 Å². The molecule has 0 bridgehead atoms. The minimum Gasteiger partial charge on any atom is -0.316 e. The number of aromatic nitrogens is 1. The van der Waals surface area contributed by atoms with E-state index in [1.54, 1.807) is 18.2 Å². The SMILES string of the molecule is O=[N+]([O-])c1ccccc1-c1cc(-c2ccccc2)c2ccccn12. The van der Waals surface area contributed by atoms with Gasteiger partial charge in [0.1, 0.15) is 0 Å². The van der Waals surface area contributed by atoms with Crippen molar-refractivity contribution in [1.82, 2.24) is 4.40 Å². The van der Waals surface area contributed by atoms with Crippen LogP contribution in [0.1, 0.15) is 0 Å². The number of fused-ring (bicyclic) bond motifs is 1. The lowest BCUT2D eigenvalue weighted by Gasteiger charge is -2.04. The maximum absolute atomic E-state index is 11.4. The summed E-state index contributed by atoms with van der Waals surface area (Å²) in [6, 6.07) is 24.9. The first-order valence-electron chi connectivity index (χ1n) is 7.65. The molecule has 4 rings (SSSR count). The van der Waals surface area contributed by atoms with E-state index in [1.807, 2.05) is 71.3 Å². The van der Waals surface area contributed by atoms with Crippen molar-refractivity contribution in [2.75, 3.05) is 0 Å². The van der Waals surface area contributed by atoms with Crippen molar-refractivity contribution in [3.05, 3.63) is 95.2 Å². The second-order valence-electron chi connectivity index (χ2n) is 5.54. The topological polar surface area (TPSA) is 47.5 Å². The van der Waals surface area contributed by atoms with E-state index >= 15 is 0 Å². The fourth-order valence-corrected chi connectivity index (χ4v) is 3.06. The minimum atomic E-state index is -0.333. The first-order chi connectivity index (χ1) is 11.8. The fourth-order valence-electron chi connectivity index (χ4n) is 3.06. The van der Waals surface area contributed by atoms with Crippen LogP contribution in [0.4, 0.5) is 5.69 Å². The number of pyridine rings is 1. The van der Waals surface area contributed by atoms with Gasteiger partial charge in [0.2, 0.25) is 0 Å². The number of para-hydroxylation sites is 1. The molecule has 2 heterocycles. The Morgan fingerprint density at radius 3 is 2.29 bits per heavy atom. The highest BCUT2D eigenvalue weighted by atomic mass is 16.6. The van der Waals surface area contributed by atoms with E-state index in [0.29, 0.717) is 5.56 Å². The van der Waals surface area contributed by atoms with Gasteiger partial charge in [-0.2, -0.15) is 0 Å². The van der Waals surface area contributed by atoms with E-state index < -0.39 is 0 Å². The van der Waals surface area contributed by atoms with Gasteiger partial charge < -0.3 is 4.40 Å². The molecule has 4 aromatic rings. The molecule has 0 aliphatic carbocycles. The molecule has 0 saturated carbocycles. The third-order valence-corrected chi connectivity index (χ3v) is 4.14. The van der Waals surface area contributed by atoms with E-state index in [2.05, 4.69) is 0 Å². The van der Waals surface area contributed by atoms with Crippen LogP contribution >= 0.6 is 0 Å². The molecule has 24 heavy (non-hydrogen) atoms. The molecular formula is C20H14N2O2. The third-order valence-electron chi connectivity index (χ3n) is 4.14. The Kier molecular flexibility index (Phi) is 3.35. The molecule has 0 amide bonds. The maximum atomic E-state index is 11.4. The van der Waals surface area contributed by atoms with Crippen LogP contribution in [0.2, 0.25) is 0 Å². The molecule has 4 heteroatoms. The van der Waals surface area contributed by atoms with Crippen molar-refractivity contribution < 1.29 is 4.92 Å². The lowest BCUT2D eigenvalue weighted by molar-refractivity contribution is -0.384. The van der Waals surface area contributed by atoms with Crippen LogP contribution in [-0.2, 0) is 0 Å². The average molecular weight is 314 g/mol. The summed E-state index contributed by atoms with van der Waals surface area (Å²) in [5.41, 5.74) is 4.72. The van der Waals surface area contributed by atoms with Gasteiger partial charge in [-0.25, -0.2) is 0 Å². The molecule has 4 nitrogen and oxygen atoms in total. The number of hydrogen-bond acceptors (Lipinski definition) is 2. The highest BCUT2D eigenvalue weighted by molar-refractivity contribution is 5.88. The van der Waals surface area contributed by atoms with Crippen molar-refractivity contribution in [3.63, 3.8) is 0 Å². The third kappa shape index (κ3) is 2.25. The van der Waals surface area contributed by atoms with E-state index in [-0.39, 0.29) is 10.6 Å². The minimum absolute atomic E-state index is 0.111. The van der Waals surface area contributed by atoms with Gasteiger partial charge in [-0.3, -0.25) is 10.1 Å². The zero-order chi connectivity index (χ0) is 16.5. The summed E-state index contributed by atoms with van der Waals surface area (Å²) < 4.78 is 2.00. The van der Waals surface area contributed by atoms with Crippen LogP contribution in [0.15, 0.2) is 85.1 Å². The van der Waals surface area contributed by atoms with E-state index in [0.717, 1.165) is 22.3 Å². The van der Waals surface area contributed by atoms with Gasteiger partial charge in [-0.15, -0.1) is 0 Å². The highest BCUT2D eigenvalue weighted by Crippen LogP contribution is 2.36. The molecule has 0 saturated heterocycles. The monoisotopic (exact) mass is 314 g/mol. The van der Waals surface area contributed by atoms with Gasteiger partial charge in [0.25, 0.3) is 5.69 Å². The van der Waals surface area contributed by atoms with Crippen molar-refractivity contribution in [1.29, 1.82) is 0 Å². The number of nitro benzene ring substituents is 1. The summed E-state index contributed by atoms with van der Waals surface area (Å²) >= 11 is 0. The van der Waals surface area contributed by atoms with Crippen LogP contribution in [0, 0.1) is 10.1 Å². The van der Waals surface area contributed by atoms with Crippen LogP contribution in [0.5, 0.6) is 0 Å². The summed E-state index contributed by atoms with van der Waals surface area (Å²) in [4.78, 5) is 11.1. The van der Waals surface area contributed by atoms with Crippen molar-refractivity contribution in [2.45, 2.75) is 0 Å². The number of hydrogen-bond donors (Lipinski definition) is 0. The molecule has 2 aromatic heterocycles. The summed E-state index contributed by atoms with van der Waals surface area (Å²) in [6.07, 6.45) is 1.94. The number of nitrogens with zero attached hydrogens (tertiary/aromatic N) is 2. The molecule has 0 aliphatic heterocycles. The van der Waals surface area contributed by atoms with Gasteiger partial charge >= 0.3 is 0 Å². The molecule has 0 fully saturated rings. The molecule has 0 spiro atoms. The molecular weight excluding hydrogens is 300 g/mol. The quantitative estimate of drug-likeness (QED) is 0.386. The van der Waals surface area contributed by atoms with Gasteiger partial charge in [-0.1, -0.05) is 48.5 Å². The zero-order valence-electron chi connectivity index (χ0n) is 12.8. The van der Waals surface area contributed by atoms with Crippen molar-refractivity contribution in [3.8, 4) is 22.4 Å². The Bertz CT molecular complexity index is 1040. The average Bonchev–Trinajstić information content (AvgIpc) is 3.02. The standard InChI is InChI=1S/C20H14N2O2/c23-22(24)19-12-5-4-10-16(19)20-14-17(15-8-2-1-3-9-15)18-11-6-7-13-21(18)20/h1-14H. The number of rotatable bonds is 3. The van der Waals surface area contributed by atoms with E-state index in [1.165, 1.54) is 0 Å². The summed E-state index contributed by atoms with van der Waals surface area (Å²) in [5.74, 6) is 0. The first kappa shape index (κ1) is 14.2. The zero-order valence-corrected chi connectivity index (χ0v) is 12.8. The Labute approximate surface area is 138 Å². The van der Waals surface area contributed by atoms with Crippen molar-refractivity contribution in [2.24, 2.45) is 0 Å². The molecule has 0 N–H and O–H groups in total. The fraction of sp³-hybridized carbons (Fsp3) is 0. The second kappa shape index (κ2) is 5.66. The predicted octanol–water partition coefficient (Wildman–Crippen LogP) is 5.18. The number of benzene rings is 2. The van der Waals surface area contributed by atoms with Crippen LogP contribution < -0.4 is 0 Å². The van der Waals surface area contributed by atoms with Crippen LogP contribution in [-0.4, -0.2) is 9.32 Å². The summed E-state index contributed by atoms with van der Waals surface area (Å²) in [6.45, 7) is 0. The lowest BCUT2D eigenvalue weighted by Crippen LogP contribution is -1.93. The molecule has 0 radical (unpaired) electrons. The molecule has 0 aliphatic rings. The molecule has 2 aromatic carbocycles.